The molecule has 3 N–H and O–H groups in total. The summed E-state index contributed by atoms with van der Waals surface area (Å²) < 4.78 is 5.43. The molecular weight excluding hydrogens is 420 g/mol. The first-order valence-electron chi connectivity index (χ1n) is 12.4. The van der Waals surface area contributed by atoms with Crippen LogP contribution in [0.1, 0.15) is 63.1 Å². The number of amides is 1. The number of carboxylic acid groups (broad SMARTS) is 1. The summed E-state index contributed by atoms with van der Waals surface area (Å²) in [6.45, 7) is 5.21. The number of methoxy groups -OCH3 is 1. The molecule has 8 nitrogen and oxygen atoms in total. The fraction of sp³-hybridized carbons (Fsp3) is 0.720. The number of nitrogens with one attached hydrogen (secondary N) is 2. The highest BCUT2D eigenvalue weighted by molar-refractivity contribution is 5.83. The second kappa shape index (κ2) is 12.9. The molecule has 1 aromatic rings. The summed E-state index contributed by atoms with van der Waals surface area (Å²) in [5.74, 6) is 0.372. The van der Waals surface area contributed by atoms with Gasteiger partial charge in [0, 0.05) is 38.9 Å². The Kier molecular flexibility index (Phi) is 9.94. The van der Waals surface area contributed by atoms with E-state index in [2.05, 4.69) is 27.7 Å². The van der Waals surface area contributed by atoms with Gasteiger partial charge in [0.2, 0.25) is 5.91 Å². The molecule has 0 spiro atoms. The highest BCUT2D eigenvalue weighted by atomic mass is 16.5. The van der Waals surface area contributed by atoms with E-state index in [4.69, 9.17) is 9.72 Å². The van der Waals surface area contributed by atoms with E-state index in [1.54, 1.807) is 7.11 Å². The Labute approximate surface area is 197 Å². The number of hydrogen-bond acceptors (Lipinski definition) is 6. The van der Waals surface area contributed by atoms with Crippen LogP contribution >= 0.6 is 0 Å². The molecule has 1 amide bonds. The topological polar surface area (TPSA) is 104 Å². The smallest absolute Gasteiger partial charge is 0.326 e. The second-order valence-corrected chi connectivity index (χ2v) is 9.54. The predicted molar refractivity (Wildman–Crippen MR) is 128 cm³/mol. The number of rotatable bonds is 15. The zero-order valence-corrected chi connectivity index (χ0v) is 20.1. The van der Waals surface area contributed by atoms with Crippen LogP contribution in [0, 0.1) is 5.92 Å². The van der Waals surface area contributed by atoms with E-state index in [0.29, 0.717) is 25.3 Å². The van der Waals surface area contributed by atoms with Crippen molar-refractivity contribution in [1.29, 1.82) is 0 Å². The van der Waals surface area contributed by atoms with Crippen LogP contribution in [-0.4, -0.2) is 72.3 Å². The summed E-state index contributed by atoms with van der Waals surface area (Å²) in [6.07, 6.45) is 8.25. The molecule has 3 rings (SSSR count). The van der Waals surface area contributed by atoms with Gasteiger partial charge >= 0.3 is 5.97 Å². The highest BCUT2D eigenvalue weighted by Crippen LogP contribution is 2.32. The monoisotopic (exact) mass is 460 g/mol. The standard InChI is InChI=1S/C25H40N4O4/c1-18(33-2)17-29(15-12-22(25(31)32)28-23(30)16-19-8-9-19)14-4-3-7-21-11-10-20-6-5-13-26-24(20)27-21/h10-11,18-19,22H,3-9,12-17H2,1-2H3,(H,26,27)(H,28,30)(H,31,32). The molecule has 0 aromatic carbocycles. The van der Waals surface area contributed by atoms with Crippen LogP contribution in [0.4, 0.5) is 5.82 Å². The van der Waals surface area contributed by atoms with Crippen LogP contribution in [0.5, 0.6) is 0 Å². The summed E-state index contributed by atoms with van der Waals surface area (Å²) in [7, 11) is 1.69. The number of aromatic nitrogens is 1. The lowest BCUT2D eigenvalue weighted by molar-refractivity contribution is -0.142. The molecule has 2 aliphatic rings. The van der Waals surface area contributed by atoms with Gasteiger partial charge in [-0.05, 0) is 82.4 Å². The number of pyridine rings is 1. The molecule has 1 aromatic heterocycles. The lowest BCUT2D eigenvalue weighted by Crippen LogP contribution is -2.44. The van der Waals surface area contributed by atoms with Crippen molar-refractivity contribution in [2.45, 2.75) is 76.9 Å². The summed E-state index contributed by atoms with van der Waals surface area (Å²) in [5, 5.41) is 15.7. The molecule has 2 atom stereocenters. The van der Waals surface area contributed by atoms with Crippen LogP contribution in [-0.2, 0) is 27.2 Å². The number of unbranched alkanes of at least 4 members (excludes halogenated alkanes) is 1. The normalized spacial score (nSPS) is 17.2. The Balaban J connectivity index is 1.44. The first-order chi connectivity index (χ1) is 15.9. The number of ether oxygens (including phenoxy) is 1. The third-order valence-electron chi connectivity index (χ3n) is 6.57. The Bertz CT molecular complexity index is 784. The lowest BCUT2D eigenvalue weighted by atomic mass is 10.1. The van der Waals surface area contributed by atoms with Gasteiger partial charge in [-0.25, -0.2) is 9.78 Å². The number of carbonyl (C=O) groups is 2. The highest BCUT2D eigenvalue weighted by Gasteiger charge is 2.27. The number of carbonyl (C=O) groups excluding carboxylic acids is 1. The van der Waals surface area contributed by atoms with E-state index >= 15 is 0 Å². The summed E-state index contributed by atoms with van der Waals surface area (Å²) in [6, 6.07) is 3.49. The average molecular weight is 461 g/mol. The molecule has 2 heterocycles. The van der Waals surface area contributed by atoms with Gasteiger partial charge < -0.3 is 25.4 Å². The van der Waals surface area contributed by atoms with Crippen molar-refractivity contribution in [2.75, 3.05) is 38.6 Å². The first kappa shape index (κ1) is 25.4. The Morgan fingerprint density at radius 1 is 1.30 bits per heavy atom. The van der Waals surface area contributed by atoms with Crippen LogP contribution in [0.15, 0.2) is 12.1 Å². The van der Waals surface area contributed by atoms with E-state index in [-0.39, 0.29) is 12.0 Å². The molecule has 1 aliphatic carbocycles. The minimum absolute atomic E-state index is 0.0612. The molecular formula is C25H40N4O4. The van der Waals surface area contributed by atoms with E-state index in [1.165, 1.54) is 5.56 Å². The number of carboxylic acids is 1. The van der Waals surface area contributed by atoms with Crippen LogP contribution in [0.25, 0.3) is 0 Å². The van der Waals surface area contributed by atoms with E-state index in [9.17, 15) is 14.7 Å². The molecule has 1 fully saturated rings. The predicted octanol–water partition coefficient (Wildman–Crippen LogP) is 2.86. The maximum atomic E-state index is 12.1. The number of nitrogens with zero attached hydrogens (tertiary/aromatic N) is 2. The van der Waals surface area contributed by atoms with Crippen molar-refractivity contribution >= 4 is 17.7 Å². The Hall–Kier alpha value is -2.19. The summed E-state index contributed by atoms with van der Waals surface area (Å²) >= 11 is 0. The van der Waals surface area contributed by atoms with Gasteiger partial charge in [-0.15, -0.1) is 0 Å². The maximum Gasteiger partial charge on any atom is 0.326 e. The van der Waals surface area contributed by atoms with E-state index < -0.39 is 12.0 Å². The fourth-order valence-corrected chi connectivity index (χ4v) is 4.29. The third-order valence-corrected chi connectivity index (χ3v) is 6.57. The molecule has 0 saturated heterocycles. The number of aliphatic carboxylic acids is 1. The second-order valence-electron chi connectivity index (χ2n) is 9.54. The summed E-state index contributed by atoms with van der Waals surface area (Å²) in [5.41, 5.74) is 2.42. The molecule has 184 valence electrons. The SMILES string of the molecule is COC(C)CN(CCCCc1ccc2c(n1)NCCC2)CCC(NC(=O)CC1CC1)C(=O)O. The summed E-state index contributed by atoms with van der Waals surface area (Å²) in [4.78, 5) is 30.8. The van der Waals surface area contributed by atoms with Crippen LogP contribution in [0.2, 0.25) is 0 Å². The molecule has 0 radical (unpaired) electrons. The average Bonchev–Trinajstić information content (AvgIpc) is 3.62. The van der Waals surface area contributed by atoms with Crippen molar-refractivity contribution in [1.82, 2.24) is 15.2 Å². The van der Waals surface area contributed by atoms with Crippen molar-refractivity contribution in [3.63, 3.8) is 0 Å². The number of aryl methyl sites for hydroxylation is 2. The number of anilines is 1. The minimum Gasteiger partial charge on any atom is -0.480 e. The molecule has 1 aliphatic heterocycles. The third kappa shape index (κ3) is 8.93. The van der Waals surface area contributed by atoms with Gasteiger partial charge in [0.05, 0.1) is 6.10 Å². The number of fused-ring (bicyclic) bond motifs is 1. The van der Waals surface area contributed by atoms with Crippen LogP contribution < -0.4 is 10.6 Å². The van der Waals surface area contributed by atoms with E-state index in [1.807, 2.05) is 6.92 Å². The van der Waals surface area contributed by atoms with Crippen molar-refractivity contribution in [3.05, 3.63) is 23.4 Å². The maximum absolute atomic E-state index is 12.1. The van der Waals surface area contributed by atoms with Gasteiger partial charge in [-0.1, -0.05) is 6.07 Å². The van der Waals surface area contributed by atoms with Gasteiger partial charge in [0.1, 0.15) is 11.9 Å². The molecule has 33 heavy (non-hydrogen) atoms. The van der Waals surface area contributed by atoms with Crippen molar-refractivity contribution in [3.8, 4) is 0 Å². The van der Waals surface area contributed by atoms with Gasteiger partial charge in [0.15, 0.2) is 0 Å². The quantitative estimate of drug-likeness (QED) is 0.346. The fourth-order valence-electron chi connectivity index (χ4n) is 4.29. The Morgan fingerprint density at radius 2 is 2.12 bits per heavy atom. The molecule has 1 saturated carbocycles. The molecule has 0 bridgehead atoms. The minimum atomic E-state index is -0.967. The number of hydrogen-bond donors (Lipinski definition) is 3. The molecule has 2 unspecified atom stereocenters. The largest absolute Gasteiger partial charge is 0.480 e. The van der Waals surface area contributed by atoms with Crippen molar-refractivity contribution in [2.24, 2.45) is 5.92 Å². The lowest BCUT2D eigenvalue weighted by Gasteiger charge is -2.26. The zero-order chi connectivity index (χ0) is 23.6. The zero-order valence-electron chi connectivity index (χ0n) is 20.1. The first-order valence-corrected chi connectivity index (χ1v) is 12.4. The van der Waals surface area contributed by atoms with Gasteiger partial charge in [0.25, 0.3) is 0 Å². The Morgan fingerprint density at radius 3 is 2.85 bits per heavy atom. The molecule has 8 heteroatoms. The van der Waals surface area contributed by atoms with E-state index in [0.717, 1.165) is 76.1 Å². The van der Waals surface area contributed by atoms with Crippen molar-refractivity contribution < 1.29 is 19.4 Å². The van der Waals surface area contributed by atoms with Crippen LogP contribution in [0.3, 0.4) is 0 Å². The van der Waals surface area contributed by atoms with Gasteiger partial charge in [-0.3, -0.25) is 4.79 Å². The van der Waals surface area contributed by atoms with Gasteiger partial charge in [-0.2, -0.15) is 0 Å².